The van der Waals surface area contributed by atoms with Gasteiger partial charge in [-0.2, -0.15) is 5.01 Å². The standard InChI is InChI=1S/C25H25ClN2O4/c1-15-8-13-20-21(14-15)25(32)28(24(20)31)27(23(30)18-9-11-19(26)12-10-18)16(2)22(29)17-6-4-3-5-7-17/h3-7,9-12,15-16,20-21H,8,13-14H2,1-2H3/t15-,16+,20+,21-/m1/s1. The highest BCUT2D eigenvalue weighted by atomic mass is 35.5. The zero-order valence-electron chi connectivity index (χ0n) is 18.0. The summed E-state index contributed by atoms with van der Waals surface area (Å²) in [5.41, 5.74) is 0.644. The number of nitrogens with zero attached hydrogens (tertiary/aromatic N) is 2. The molecule has 1 saturated carbocycles. The minimum Gasteiger partial charge on any atom is -0.292 e. The average Bonchev–Trinajstić information content (AvgIpc) is 3.04. The molecule has 0 N–H and O–H groups in total. The van der Waals surface area contributed by atoms with Crippen LogP contribution in [0.4, 0.5) is 0 Å². The highest BCUT2D eigenvalue weighted by molar-refractivity contribution is 6.30. The summed E-state index contributed by atoms with van der Waals surface area (Å²) in [4.78, 5) is 53.5. The van der Waals surface area contributed by atoms with E-state index in [2.05, 4.69) is 6.92 Å². The van der Waals surface area contributed by atoms with Gasteiger partial charge in [-0.25, -0.2) is 5.01 Å². The van der Waals surface area contributed by atoms with E-state index in [4.69, 9.17) is 11.6 Å². The number of carbonyl (C=O) groups excluding carboxylic acids is 4. The highest BCUT2D eigenvalue weighted by Gasteiger charge is 2.53. The first kappa shape index (κ1) is 22.2. The lowest BCUT2D eigenvalue weighted by Gasteiger charge is -2.34. The molecule has 32 heavy (non-hydrogen) atoms. The molecule has 2 aliphatic rings. The van der Waals surface area contributed by atoms with Gasteiger partial charge in [0.15, 0.2) is 5.78 Å². The molecule has 7 heteroatoms. The van der Waals surface area contributed by atoms with E-state index in [1.54, 1.807) is 49.4 Å². The topological polar surface area (TPSA) is 74.8 Å². The second-order valence-corrected chi connectivity index (χ2v) is 9.12. The molecule has 2 aromatic rings. The summed E-state index contributed by atoms with van der Waals surface area (Å²) < 4.78 is 0. The number of amides is 3. The van der Waals surface area contributed by atoms with Gasteiger partial charge in [-0.15, -0.1) is 0 Å². The maximum absolute atomic E-state index is 13.6. The van der Waals surface area contributed by atoms with Crippen LogP contribution in [-0.2, 0) is 9.59 Å². The zero-order chi connectivity index (χ0) is 23.0. The van der Waals surface area contributed by atoms with Crippen molar-refractivity contribution in [2.75, 3.05) is 0 Å². The second kappa shape index (κ2) is 8.87. The Labute approximate surface area is 192 Å². The molecule has 4 rings (SSSR count). The van der Waals surface area contributed by atoms with Crippen molar-refractivity contribution in [2.24, 2.45) is 17.8 Å². The van der Waals surface area contributed by atoms with Crippen molar-refractivity contribution in [1.29, 1.82) is 0 Å². The van der Waals surface area contributed by atoms with E-state index >= 15 is 0 Å². The third-order valence-electron chi connectivity index (χ3n) is 6.48. The number of hydrogen-bond acceptors (Lipinski definition) is 4. The summed E-state index contributed by atoms with van der Waals surface area (Å²) in [5, 5.41) is 2.44. The molecule has 166 valence electrons. The van der Waals surface area contributed by atoms with E-state index < -0.39 is 35.6 Å². The molecule has 6 nitrogen and oxygen atoms in total. The number of fused-ring (bicyclic) bond motifs is 1. The third-order valence-corrected chi connectivity index (χ3v) is 6.74. The Bertz CT molecular complexity index is 1050. The Hall–Kier alpha value is -2.99. The van der Waals surface area contributed by atoms with Gasteiger partial charge in [0.05, 0.1) is 11.8 Å². The fourth-order valence-electron chi connectivity index (χ4n) is 4.70. The molecular weight excluding hydrogens is 428 g/mol. The second-order valence-electron chi connectivity index (χ2n) is 8.68. The summed E-state index contributed by atoms with van der Waals surface area (Å²) in [7, 11) is 0. The minimum atomic E-state index is -1.05. The fourth-order valence-corrected chi connectivity index (χ4v) is 4.83. The molecule has 0 spiro atoms. The van der Waals surface area contributed by atoms with E-state index in [1.807, 2.05) is 0 Å². The monoisotopic (exact) mass is 452 g/mol. The van der Waals surface area contributed by atoms with Gasteiger partial charge in [-0.05, 0) is 56.4 Å². The molecule has 2 fully saturated rings. The van der Waals surface area contributed by atoms with Crippen LogP contribution in [0.15, 0.2) is 54.6 Å². The van der Waals surface area contributed by atoms with Gasteiger partial charge in [-0.1, -0.05) is 48.9 Å². The lowest BCUT2D eigenvalue weighted by atomic mass is 9.76. The summed E-state index contributed by atoms with van der Waals surface area (Å²) in [5.74, 6) is -2.31. The number of ketones is 1. The van der Waals surface area contributed by atoms with E-state index in [0.717, 1.165) is 16.4 Å². The quantitative estimate of drug-likeness (QED) is 0.498. The molecule has 1 aliphatic heterocycles. The van der Waals surface area contributed by atoms with Crippen LogP contribution in [0.25, 0.3) is 0 Å². The third kappa shape index (κ3) is 3.95. The molecular formula is C25H25ClN2O4. The summed E-state index contributed by atoms with van der Waals surface area (Å²) >= 11 is 5.96. The molecule has 0 aromatic heterocycles. The number of halogens is 1. The lowest BCUT2D eigenvalue weighted by Crippen LogP contribution is -2.56. The molecule has 0 radical (unpaired) electrons. The summed E-state index contributed by atoms with van der Waals surface area (Å²) in [6.07, 6.45) is 2.07. The zero-order valence-corrected chi connectivity index (χ0v) is 18.8. The first-order valence-corrected chi connectivity index (χ1v) is 11.2. The smallest absolute Gasteiger partial charge is 0.273 e. The van der Waals surface area contributed by atoms with Crippen molar-refractivity contribution in [3.63, 3.8) is 0 Å². The van der Waals surface area contributed by atoms with Crippen molar-refractivity contribution in [1.82, 2.24) is 10.0 Å². The Morgan fingerprint density at radius 2 is 1.56 bits per heavy atom. The van der Waals surface area contributed by atoms with Gasteiger partial charge in [0.2, 0.25) is 0 Å². The highest BCUT2D eigenvalue weighted by Crippen LogP contribution is 2.41. The van der Waals surface area contributed by atoms with E-state index in [9.17, 15) is 19.2 Å². The number of carbonyl (C=O) groups is 4. The largest absolute Gasteiger partial charge is 0.292 e. The molecule has 2 aromatic carbocycles. The van der Waals surface area contributed by atoms with Crippen molar-refractivity contribution < 1.29 is 19.2 Å². The van der Waals surface area contributed by atoms with Crippen molar-refractivity contribution in [3.8, 4) is 0 Å². The van der Waals surface area contributed by atoms with Crippen LogP contribution in [0, 0.1) is 17.8 Å². The van der Waals surface area contributed by atoms with Crippen LogP contribution in [0.5, 0.6) is 0 Å². The molecule has 4 atom stereocenters. The van der Waals surface area contributed by atoms with Crippen molar-refractivity contribution in [2.45, 2.75) is 39.2 Å². The van der Waals surface area contributed by atoms with Crippen LogP contribution in [0.3, 0.4) is 0 Å². The molecule has 1 aliphatic carbocycles. The Kier molecular flexibility index (Phi) is 6.15. The van der Waals surface area contributed by atoms with E-state index in [0.29, 0.717) is 29.3 Å². The molecule has 1 saturated heterocycles. The SMILES string of the molecule is C[C@@H]1CC[C@@H]2C(=O)N(N(C(=O)c3ccc(Cl)cc3)[C@@H](C)C(=O)c3ccccc3)C(=O)[C@@H]2C1. The number of benzene rings is 2. The molecule has 3 amide bonds. The first-order valence-electron chi connectivity index (χ1n) is 10.9. The van der Waals surface area contributed by atoms with Crippen molar-refractivity contribution in [3.05, 3.63) is 70.7 Å². The van der Waals surface area contributed by atoms with Gasteiger partial charge in [0, 0.05) is 16.1 Å². The lowest BCUT2D eigenvalue weighted by molar-refractivity contribution is -0.156. The number of rotatable bonds is 5. The Balaban J connectivity index is 1.74. The van der Waals surface area contributed by atoms with Gasteiger partial charge in [-0.3, -0.25) is 19.2 Å². The predicted octanol–water partition coefficient (Wildman–Crippen LogP) is 4.39. The normalized spacial score (nSPS) is 23.6. The minimum absolute atomic E-state index is 0.242. The molecule has 1 heterocycles. The van der Waals surface area contributed by atoms with E-state index in [1.165, 1.54) is 12.1 Å². The van der Waals surface area contributed by atoms with Crippen LogP contribution < -0.4 is 0 Å². The van der Waals surface area contributed by atoms with Gasteiger partial charge in [0.1, 0.15) is 6.04 Å². The number of Topliss-reactive ketones (excluding diaryl/α,β-unsaturated/α-hetero) is 1. The summed E-state index contributed by atoms with van der Waals surface area (Å²) in [6.45, 7) is 3.61. The summed E-state index contributed by atoms with van der Waals surface area (Å²) in [6, 6.07) is 13.7. The van der Waals surface area contributed by atoms with Crippen LogP contribution in [0.2, 0.25) is 5.02 Å². The van der Waals surface area contributed by atoms with E-state index in [-0.39, 0.29) is 11.3 Å². The average molecular weight is 453 g/mol. The molecule has 0 bridgehead atoms. The van der Waals surface area contributed by atoms with Crippen LogP contribution in [-0.4, -0.2) is 39.6 Å². The maximum Gasteiger partial charge on any atom is 0.273 e. The van der Waals surface area contributed by atoms with Gasteiger partial charge < -0.3 is 0 Å². The van der Waals surface area contributed by atoms with Crippen LogP contribution >= 0.6 is 11.6 Å². The fraction of sp³-hybridized carbons (Fsp3) is 0.360. The molecule has 0 unspecified atom stereocenters. The number of imide groups is 1. The predicted molar refractivity (Wildman–Crippen MR) is 120 cm³/mol. The maximum atomic E-state index is 13.6. The van der Waals surface area contributed by atoms with Crippen LogP contribution in [0.1, 0.15) is 53.8 Å². The number of hydrazine groups is 1. The van der Waals surface area contributed by atoms with Gasteiger partial charge >= 0.3 is 0 Å². The Morgan fingerprint density at radius 3 is 2.22 bits per heavy atom. The Morgan fingerprint density at radius 1 is 0.938 bits per heavy atom. The van der Waals surface area contributed by atoms with Crippen molar-refractivity contribution >= 4 is 35.1 Å². The van der Waals surface area contributed by atoms with Gasteiger partial charge in [0.25, 0.3) is 17.7 Å². The number of hydrogen-bond donors (Lipinski definition) is 0. The first-order chi connectivity index (χ1) is 15.3.